The third kappa shape index (κ3) is 5.15. The Kier molecular flexibility index (Phi) is 6.31. The van der Waals surface area contributed by atoms with Crippen LogP contribution in [-0.4, -0.2) is 30.5 Å². The molecule has 23 heavy (non-hydrogen) atoms. The predicted octanol–water partition coefficient (Wildman–Crippen LogP) is 3.49. The predicted molar refractivity (Wildman–Crippen MR) is 94.5 cm³/mol. The molecule has 2 unspecified atom stereocenters. The Bertz CT molecular complexity index is 520. The maximum absolute atomic E-state index is 12.4. The van der Waals surface area contributed by atoms with E-state index in [9.17, 15) is 4.79 Å². The van der Waals surface area contributed by atoms with Crippen LogP contribution in [-0.2, 0) is 11.2 Å². The number of anilines is 1. The summed E-state index contributed by atoms with van der Waals surface area (Å²) < 4.78 is 5.59. The minimum atomic E-state index is 0.258. The van der Waals surface area contributed by atoms with Gasteiger partial charge in [-0.25, -0.2) is 0 Å². The molecule has 0 radical (unpaired) electrons. The molecule has 2 rings (SSSR count). The number of hydrogen-bond acceptors (Lipinski definition) is 3. The Balaban J connectivity index is 1.87. The van der Waals surface area contributed by atoms with Gasteiger partial charge in [0.05, 0.1) is 12.3 Å². The molecule has 0 aromatic heterocycles. The first-order chi connectivity index (χ1) is 11.0. The fraction of sp³-hybridized carbons (Fsp3) is 0.632. The van der Waals surface area contributed by atoms with Crippen LogP contribution in [0.2, 0.25) is 0 Å². The molecule has 4 nitrogen and oxygen atoms in total. The number of ether oxygens (including phenoxy) is 1. The van der Waals surface area contributed by atoms with E-state index in [0.717, 1.165) is 37.2 Å². The number of aryl methyl sites for hydroxylation is 1. The van der Waals surface area contributed by atoms with E-state index in [1.165, 1.54) is 6.42 Å². The first kappa shape index (κ1) is 17.6. The number of likely N-dealkylation sites (tertiary alicyclic amines) is 1. The number of carbonyl (C=O) groups is 1. The van der Waals surface area contributed by atoms with Gasteiger partial charge in [0, 0.05) is 19.5 Å². The van der Waals surface area contributed by atoms with Gasteiger partial charge in [-0.1, -0.05) is 26.8 Å². The maximum Gasteiger partial charge on any atom is 0.222 e. The highest BCUT2D eigenvalue weighted by atomic mass is 16.5. The van der Waals surface area contributed by atoms with Crippen LogP contribution in [0.5, 0.6) is 5.75 Å². The van der Waals surface area contributed by atoms with Crippen molar-refractivity contribution in [1.29, 1.82) is 0 Å². The molecule has 0 bridgehead atoms. The number of piperidine rings is 1. The van der Waals surface area contributed by atoms with Gasteiger partial charge in [0.1, 0.15) is 5.75 Å². The second-order valence-corrected chi connectivity index (χ2v) is 6.97. The molecule has 4 heteroatoms. The topological polar surface area (TPSA) is 55.6 Å². The summed E-state index contributed by atoms with van der Waals surface area (Å²) in [6.45, 7) is 8.99. The highest BCUT2D eigenvalue weighted by Crippen LogP contribution is 2.24. The Morgan fingerprint density at radius 1 is 1.30 bits per heavy atom. The van der Waals surface area contributed by atoms with Gasteiger partial charge in [0.2, 0.25) is 5.91 Å². The van der Waals surface area contributed by atoms with Crippen LogP contribution in [0.25, 0.3) is 0 Å². The zero-order chi connectivity index (χ0) is 16.8. The molecule has 1 aromatic carbocycles. The van der Waals surface area contributed by atoms with Crippen molar-refractivity contribution >= 4 is 11.6 Å². The lowest BCUT2D eigenvalue weighted by Crippen LogP contribution is -2.42. The number of carbonyl (C=O) groups excluding carboxylic acids is 1. The molecular formula is C19H30N2O2. The van der Waals surface area contributed by atoms with Crippen molar-refractivity contribution in [3.05, 3.63) is 23.8 Å². The van der Waals surface area contributed by atoms with Crippen molar-refractivity contribution in [2.24, 2.45) is 11.8 Å². The Labute approximate surface area is 140 Å². The van der Waals surface area contributed by atoms with Gasteiger partial charge in [-0.3, -0.25) is 4.79 Å². The molecule has 1 amide bonds. The molecule has 1 aromatic rings. The summed E-state index contributed by atoms with van der Waals surface area (Å²) in [6, 6.07) is 5.85. The fourth-order valence-corrected chi connectivity index (χ4v) is 3.37. The second kappa shape index (κ2) is 8.23. The van der Waals surface area contributed by atoms with E-state index >= 15 is 0 Å². The van der Waals surface area contributed by atoms with Crippen LogP contribution >= 0.6 is 0 Å². The molecule has 0 spiro atoms. The Morgan fingerprint density at radius 3 is 2.61 bits per heavy atom. The van der Waals surface area contributed by atoms with Crippen LogP contribution in [0, 0.1) is 11.8 Å². The number of rotatable bonds is 6. The Hall–Kier alpha value is -1.71. The van der Waals surface area contributed by atoms with Crippen molar-refractivity contribution in [1.82, 2.24) is 4.90 Å². The zero-order valence-corrected chi connectivity index (χ0v) is 14.7. The van der Waals surface area contributed by atoms with E-state index in [1.54, 1.807) is 0 Å². The normalized spacial score (nSPS) is 21.3. The summed E-state index contributed by atoms with van der Waals surface area (Å²) in [6.07, 6.45) is 3.46. The molecule has 1 heterocycles. The summed E-state index contributed by atoms with van der Waals surface area (Å²) in [5, 5.41) is 0. The number of amides is 1. The van der Waals surface area contributed by atoms with Crippen molar-refractivity contribution in [2.45, 2.75) is 46.5 Å². The maximum atomic E-state index is 12.4. The summed E-state index contributed by atoms with van der Waals surface area (Å²) >= 11 is 0. The van der Waals surface area contributed by atoms with Crippen molar-refractivity contribution in [2.75, 3.05) is 25.4 Å². The fourth-order valence-electron chi connectivity index (χ4n) is 3.37. The van der Waals surface area contributed by atoms with Crippen molar-refractivity contribution in [3.63, 3.8) is 0 Å². The third-order valence-electron chi connectivity index (χ3n) is 4.38. The minimum Gasteiger partial charge on any atom is -0.491 e. The number of nitrogens with zero attached hydrogens (tertiary/aromatic N) is 1. The lowest BCUT2D eigenvalue weighted by atomic mass is 9.91. The number of nitrogens with two attached hydrogens (primary N) is 1. The van der Waals surface area contributed by atoms with E-state index in [-0.39, 0.29) is 5.91 Å². The van der Waals surface area contributed by atoms with E-state index in [1.807, 2.05) is 23.1 Å². The molecule has 1 aliphatic rings. The van der Waals surface area contributed by atoms with Crippen LogP contribution in [0.1, 0.15) is 45.6 Å². The van der Waals surface area contributed by atoms with E-state index in [2.05, 4.69) is 20.8 Å². The molecule has 128 valence electrons. The van der Waals surface area contributed by atoms with Gasteiger partial charge in [0.15, 0.2) is 0 Å². The van der Waals surface area contributed by atoms with E-state index in [4.69, 9.17) is 10.5 Å². The lowest BCUT2D eigenvalue weighted by Gasteiger charge is -2.35. The van der Waals surface area contributed by atoms with E-state index in [0.29, 0.717) is 30.6 Å². The minimum absolute atomic E-state index is 0.258. The number of hydrogen-bond donors (Lipinski definition) is 1. The first-order valence-corrected chi connectivity index (χ1v) is 8.78. The van der Waals surface area contributed by atoms with Gasteiger partial charge in [-0.05, 0) is 48.8 Å². The van der Waals surface area contributed by atoms with Crippen LogP contribution < -0.4 is 10.5 Å². The van der Waals surface area contributed by atoms with Crippen LogP contribution in [0.3, 0.4) is 0 Å². The molecule has 2 N–H and O–H groups in total. The van der Waals surface area contributed by atoms with Crippen molar-refractivity contribution in [3.8, 4) is 5.75 Å². The molecule has 1 aliphatic heterocycles. The molecule has 1 saturated heterocycles. The van der Waals surface area contributed by atoms with Gasteiger partial charge in [-0.15, -0.1) is 0 Å². The third-order valence-corrected chi connectivity index (χ3v) is 4.38. The van der Waals surface area contributed by atoms with Gasteiger partial charge in [0.25, 0.3) is 0 Å². The zero-order valence-electron chi connectivity index (χ0n) is 14.7. The quantitative estimate of drug-likeness (QED) is 0.817. The lowest BCUT2D eigenvalue weighted by molar-refractivity contribution is -0.133. The molecule has 1 fully saturated rings. The standard InChI is InChI=1S/C19H30N2O2/c1-4-9-23-18-7-5-16(11-17(18)20)6-8-19(22)21-12-14(2)10-15(3)13-21/h5,7,11,14-15H,4,6,8-10,12-13,20H2,1-3H3. The summed E-state index contributed by atoms with van der Waals surface area (Å²) in [7, 11) is 0. The van der Waals surface area contributed by atoms with Gasteiger partial charge < -0.3 is 15.4 Å². The molecule has 0 aliphatic carbocycles. The van der Waals surface area contributed by atoms with Crippen LogP contribution in [0.4, 0.5) is 5.69 Å². The van der Waals surface area contributed by atoms with E-state index < -0.39 is 0 Å². The van der Waals surface area contributed by atoms with Crippen LogP contribution in [0.15, 0.2) is 18.2 Å². The van der Waals surface area contributed by atoms with Crippen molar-refractivity contribution < 1.29 is 9.53 Å². The largest absolute Gasteiger partial charge is 0.491 e. The smallest absolute Gasteiger partial charge is 0.222 e. The average Bonchev–Trinajstić information content (AvgIpc) is 2.50. The first-order valence-electron chi connectivity index (χ1n) is 8.78. The van der Waals surface area contributed by atoms with Gasteiger partial charge in [-0.2, -0.15) is 0 Å². The average molecular weight is 318 g/mol. The summed E-state index contributed by atoms with van der Waals surface area (Å²) in [5.41, 5.74) is 7.78. The number of nitrogen functional groups attached to an aromatic ring is 1. The monoisotopic (exact) mass is 318 g/mol. The summed E-state index contributed by atoms with van der Waals surface area (Å²) in [5.74, 6) is 2.20. The number of benzene rings is 1. The molecule has 0 saturated carbocycles. The molecular weight excluding hydrogens is 288 g/mol. The van der Waals surface area contributed by atoms with Gasteiger partial charge >= 0.3 is 0 Å². The highest BCUT2D eigenvalue weighted by molar-refractivity contribution is 5.76. The Morgan fingerprint density at radius 2 is 2.00 bits per heavy atom. The highest BCUT2D eigenvalue weighted by Gasteiger charge is 2.24. The molecule has 2 atom stereocenters. The second-order valence-electron chi connectivity index (χ2n) is 6.97. The summed E-state index contributed by atoms with van der Waals surface area (Å²) in [4.78, 5) is 14.5. The SMILES string of the molecule is CCCOc1ccc(CCC(=O)N2CC(C)CC(C)C2)cc1N.